The smallest absolute Gasteiger partial charge is 0.418 e. The number of alkyl halides is 3. The van der Waals surface area contributed by atoms with Gasteiger partial charge in [0, 0.05) is 5.69 Å². The third kappa shape index (κ3) is 3.80. The predicted molar refractivity (Wildman–Crippen MR) is 77.6 cm³/mol. The molecule has 2 rings (SSSR count). The number of furan rings is 1. The van der Waals surface area contributed by atoms with E-state index in [1.54, 1.807) is 12.1 Å². The van der Waals surface area contributed by atoms with Crippen LogP contribution in [0.3, 0.4) is 0 Å². The lowest BCUT2D eigenvalue weighted by atomic mass is 10.1. The molecule has 8 heteroatoms. The van der Waals surface area contributed by atoms with E-state index in [0.717, 1.165) is 6.07 Å². The van der Waals surface area contributed by atoms with E-state index >= 15 is 0 Å². The number of halogens is 5. The molecule has 0 aliphatic carbocycles. The van der Waals surface area contributed by atoms with Crippen LogP contribution in [0.15, 0.2) is 37.8 Å². The number of hydrogen-bond donors (Lipinski definition) is 1. The average molecular weight is 424 g/mol. The molecule has 0 bridgehead atoms. The molecule has 0 atom stereocenters. The summed E-state index contributed by atoms with van der Waals surface area (Å²) in [7, 11) is 0. The fourth-order valence-electron chi connectivity index (χ4n) is 1.66. The zero-order valence-corrected chi connectivity index (χ0v) is 13.4. The second-order valence-corrected chi connectivity index (χ2v) is 5.63. The lowest BCUT2D eigenvalue weighted by Crippen LogP contribution is -2.11. The Morgan fingerprint density at radius 3 is 2.48 bits per heavy atom. The molecule has 21 heavy (non-hydrogen) atoms. The van der Waals surface area contributed by atoms with Crippen LogP contribution < -0.4 is 5.32 Å². The number of hydrogen-bond acceptors (Lipinski definition) is 3. The zero-order valence-electron chi connectivity index (χ0n) is 10.3. The standard InChI is InChI=1S/C13H7Br2F3N2O/c14-10-4-8(21-12(10)15)6-20-11-2-1-7(5-19)3-9(11)13(16,17)18/h1-4,20H,6H2. The molecule has 0 saturated heterocycles. The van der Waals surface area contributed by atoms with Crippen LogP contribution >= 0.6 is 31.9 Å². The van der Waals surface area contributed by atoms with Crippen molar-refractivity contribution < 1.29 is 17.6 Å². The van der Waals surface area contributed by atoms with Gasteiger partial charge in [0.25, 0.3) is 0 Å². The van der Waals surface area contributed by atoms with Gasteiger partial charge in [0.15, 0.2) is 4.67 Å². The molecule has 0 saturated carbocycles. The third-order valence-electron chi connectivity index (χ3n) is 2.60. The minimum absolute atomic E-state index is 0.0450. The van der Waals surface area contributed by atoms with Gasteiger partial charge in [0.2, 0.25) is 0 Å². The maximum atomic E-state index is 13.0. The Kier molecular flexibility index (Phi) is 4.64. The highest BCUT2D eigenvalue weighted by Crippen LogP contribution is 2.36. The van der Waals surface area contributed by atoms with Crippen molar-refractivity contribution in [2.75, 3.05) is 5.32 Å². The van der Waals surface area contributed by atoms with E-state index in [-0.39, 0.29) is 17.8 Å². The first-order chi connectivity index (χ1) is 9.81. The fourth-order valence-corrected chi connectivity index (χ4v) is 2.32. The van der Waals surface area contributed by atoms with Crippen LogP contribution in [0.5, 0.6) is 0 Å². The van der Waals surface area contributed by atoms with Crippen molar-refractivity contribution in [3.63, 3.8) is 0 Å². The van der Waals surface area contributed by atoms with Crippen LogP contribution in [0.1, 0.15) is 16.9 Å². The Hall–Kier alpha value is -1.46. The molecule has 0 radical (unpaired) electrons. The van der Waals surface area contributed by atoms with Crippen LogP contribution in [0.25, 0.3) is 0 Å². The van der Waals surface area contributed by atoms with Gasteiger partial charge in [0.05, 0.1) is 28.2 Å². The third-order valence-corrected chi connectivity index (χ3v) is 4.31. The average Bonchev–Trinajstić information content (AvgIpc) is 2.74. The predicted octanol–water partition coefficient (Wildman–Crippen LogP) is 5.31. The number of nitrogens with zero attached hydrogens (tertiary/aromatic N) is 1. The summed E-state index contributed by atoms with van der Waals surface area (Å²) in [5.74, 6) is 0.464. The topological polar surface area (TPSA) is 49.0 Å². The normalized spacial score (nSPS) is 11.2. The van der Waals surface area contributed by atoms with E-state index in [2.05, 4.69) is 37.2 Å². The van der Waals surface area contributed by atoms with Crippen molar-refractivity contribution in [1.29, 1.82) is 5.26 Å². The monoisotopic (exact) mass is 422 g/mol. The van der Waals surface area contributed by atoms with E-state index in [1.165, 1.54) is 12.1 Å². The highest BCUT2D eigenvalue weighted by atomic mass is 79.9. The Balaban J connectivity index is 2.25. The van der Waals surface area contributed by atoms with E-state index in [1.807, 2.05) is 0 Å². The molecule has 0 aliphatic heterocycles. The van der Waals surface area contributed by atoms with E-state index in [4.69, 9.17) is 9.68 Å². The summed E-state index contributed by atoms with van der Waals surface area (Å²) in [6.45, 7) is 0.0825. The van der Waals surface area contributed by atoms with E-state index in [9.17, 15) is 13.2 Å². The summed E-state index contributed by atoms with van der Waals surface area (Å²) in [6.07, 6.45) is -4.54. The minimum atomic E-state index is -4.54. The molecule has 1 heterocycles. The molecule has 0 unspecified atom stereocenters. The van der Waals surface area contributed by atoms with Gasteiger partial charge in [-0.15, -0.1) is 0 Å². The Bertz CT molecular complexity index is 685. The van der Waals surface area contributed by atoms with Crippen molar-refractivity contribution in [2.24, 2.45) is 0 Å². The molecular weight excluding hydrogens is 417 g/mol. The quantitative estimate of drug-likeness (QED) is 0.727. The summed E-state index contributed by atoms with van der Waals surface area (Å²) < 4.78 is 45.3. The maximum Gasteiger partial charge on any atom is 0.418 e. The van der Waals surface area contributed by atoms with Crippen molar-refractivity contribution >= 4 is 37.5 Å². The molecule has 1 aromatic carbocycles. The van der Waals surface area contributed by atoms with Gasteiger partial charge >= 0.3 is 6.18 Å². The van der Waals surface area contributed by atoms with Crippen LogP contribution in [0.4, 0.5) is 18.9 Å². The second kappa shape index (κ2) is 6.12. The molecule has 3 nitrogen and oxygen atoms in total. The lowest BCUT2D eigenvalue weighted by molar-refractivity contribution is -0.137. The molecule has 0 spiro atoms. The SMILES string of the molecule is N#Cc1ccc(NCc2cc(Br)c(Br)o2)c(C(F)(F)F)c1. The first-order valence-electron chi connectivity index (χ1n) is 5.60. The molecule has 2 aromatic rings. The van der Waals surface area contributed by atoms with Crippen molar-refractivity contribution in [1.82, 2.24) is 0 Å². The molecule has 0 amide bonds. The second-order valence-electron chi connectivity index (χ2n) is 4.06. The van der Waals surface area contributed by atoms with Gasteiger partial charge in [-0.25, -0.2) is 0 Å². The van der Waals surface area contributed by atoms with Gasteiger partial charge in [-0.2, -0.15) is 18.4 Å². The molecule has 0 fully saturated rings. The van der Waals surface area contributed by atoms with Gasteiger partial charge < -0.3 is 9.73 Å². The van der Waals surface area contributed by atoms with Gasteiger partial charge in [-0.3, -0.25) is 0 Å². The Morgan fingerprint density at radius 2 is 1.95 bits per heavy atom. The van der Waals surface area contributed by atoms with Crippen LogP contribution in [-0.4, -0.2) is 0 Å². The summed E-state index contributed by atoms with van der Waals surface area (Å²) in [6, 6.07) is 6.71. The van der Waals surface area contributed by atoms with E-state index in [0.29, 0.717) is 14.9 Å². The van der Waals surface area contributed by atoms with Crippen molar-refractivity contribution in [2.45, 2.75) is 12.7 Å². The fraction of sp³-hybridized carbons (Fsp3) is 0.154. The van der Waals surface area contributed by atoms with Crippen molar-refractivity contribution in [3.8, 4) is 6.07 Å². The minimum Gasteiger partial charge on any atom is -0.451 e. The highest BCUT2D eigenvalue weighted by molar-refractivity contribution is 9.13. The van der Waals surface area contributed by atoms with Crippen LogP contribution in [0, 0.1) is 11.3 Å². The summed E-state index contributed by atoms with van der Waals surface area (Å²) in [5.41, 5.74) is -1.03. The largest absolute Gasteiger partial charge is 0.451 e. The Labute approximate surface area is 135 Å². The number of benzene rings is 1. The first-order valence-corrected chi connectivity index (χ1v) is 7.19. The molecule has 110 valence electrons. The molecule has 1 N–H and O–H groups in total. The van der Waals surface area contributed by atoms with Gasteiger partial charge in [0.1, 0.15) is 5.76 Å². The van der Waals surface area contributed by atoms with Gasteiger partial charge in [-0.1, -0.05) is 0 Å². The van der Waals surface area contributed by atoms with Crippen LogP contribution in [-0.2, 0) is 12.7 Å². The van der Waals surface area contributed by atoms with Crippen LogP contribution in [0.2, 0.25) is 0 Å². The summed E-state index contributed by atoms with van der Waals surface area (Å²) >= 11 is 6.37. The first kappa shape index (κ1) is 15.9. The number of rotatable bonds is 3. The molecular formula is C13H7Br2F3N2O. The zero-order chi connectivity index (χ0) is 15.6. The number of nitriles is 1. The van der Waals surface area contributed by atoms with Crippen molar-refractivity contribution in [3.05, 3.63) is 50.3 Å². The van der Waals surface area contributed by atoms with Gasteiger partial charge in [-0.05, 0) is 56.1 Å². The lowest BCUT2D eigenvalue weighted by Gasteiger charge is -2.14. The van der Waals surface area contributed by atoms with E-state index < -0.39 is 11.7 Å². The number of nitrogens with one attached hydrogen (secondary N) is 1. The summed E-state index contributed by atoms with van der Waals surface area (Å²) in [4.78, 5) is 0. The highest BCUT2D eigenvalue weighted by Gasteiger charge is 2.33. The number of anilines is 1. The molecule has 0 aliphatic rings. The maximum absolute atomic E-state index is 13.0. The summed E-state index contributed by atoms with van der Waals surface area (Å²) in [5, 5.41) is 11.4. The Morgan fingerprint density at radius 1 is 1.24 bits per heavy atom. The molecule has 1 aromatic heterocycles.